The second kappa shape index (κ2) is 19.9. The highest BCUT2D eigenvalue weighted by molar-refractivity contribution is 6.11. The van der Waals surface area contributed by atoms with Crippen LogP contribution in [0.5, 0.6) is 0 Å². The Kier molecular flexibility index (Phi) is 11.5. The van der Waals surface area contributed by atoms with Gasteiger partial charge in [0.15, 0.2) is 0 Å². The molecule has 0 saturated heterocycles. The standard InChI is InChI=1S/C84H58N2/c1-5-26-60(27-6-1)83(61-28-7-2-8-29-61)76-40-20-17-37-70(76)72-52-49-65(55-78(72)83)85(80-43-23-25-57-24-13-14-36-69(57)80)64-47-44-58(45-48-64)67-34-15-16-35-68(67)59-46-51-75-74-39-19-22-42-81(74)86(82(75)54-59)66-50-53-73-71-38-18-21-41-77(71)84(79(73)56-66,62-30-9-3-10-31-62)63-32-11-4-12-33-63/h1,3-7,9-56H,2,8H2. The highest BCUT2D eigenvalue weighted by Crippen LogP contribution is 2.60. The number of allylic oxidation sites excluding steroid dienone is 4. The van der Waals surface area contributed by atoms with Gasteiger partial charge in [0.25, 0.3) is 0 Å². The average Bonchev–Trinajstić information content (AvgIpc) is 1.56. The first kappa shape index (κ1) is 49.8. The number of hydrogen-bond acceptors (Lipinski definition) is 1. The zero-order valence-corrected chi connectivity index (χ0v) is 47.5. The molecule has 1 heterocycles. The van der Waals surface area contributed by atoms with Crippen molar-refractivity contribution < 1.29 is 0 Å². The van der Waals surface area contributed by atoms with Crippen LogP contribution in [0, 0.1) is 0 Å². The molecule has 0 bridgehead atoms. The lowest BCUT2D eigenvalue weighted by Gasteiger charge is -2.36. The summed E-state index contributed by atoms with van der Waals surface area (Å²) in [5.74, 6) is 0. The Morgan fingerprint density at radius 2 is 0.826 bits per heavy atom. The van der Waals surface area contributed by atoms with Gasteiger partial charge in [-0.3, -0.25) is 0 Å². The third-order valence-electron chi connectivity index (χ3n) is 19.0. The number of fused-ring (bicyclic) bond motifs is 10. The van der Waals surface area contributed by atoms with Crippen LogP contribution in [0.4, 0.5) is 17.1 Å². The molecule has 13 aromatic carbocycles. The molecule has 1 unspecified atom stereocenters. The van der Waals surface area contributed by atoms with Crippen LogP contribution in [0.3, 0.4) is 0 Å². The summed E-state index contributed by atoms with van der Waals surface area (Å²) in [6.45, 7) is 0. The van der Waals surface area contributed by atoms with Gasteiger partial charge in [-0.25, -0.2) is 0 Å². The van der Waals surface area contributed by atoms with Crippen molar-refractivity contribution in [1.29, 1.82) is 0 Å². The highest BCUT2D eigenvalue weighted by atomic mass is 15.1. The Morgan fingerprint density at radius 1 is 0.314 bits per heavy atom. The Labute approximate surface area is 502 Å². The van der Waals surface area contributed by atoms with Gasteiger partial charge in [0.05, 0.1) is 27.6 Å². The van der Waals surface area contributed by atoms with Crippen LogP contribution in [0.1, 0.15) is 51.8 Å². The van der Waals surface area contributed by atoms with Crippen molar-refractivity contribution in [2.45, 2.75) is 23.7 Å². The second-order valence-electron chi connectivity index (χ2n) is 23.3. The molecule has 17 rings (SSSR count). The number of para-hydroxylation sites is 1. The van der Waals surface area contributed by atoms with Gasteiger partial charge in [-0.05, 0) is 162 Å². The van der Waals surface area contributed by atoms with Crippen molar-refractivity contribution in [3.63, 3.8) is 0 Å². The summed E-state index contributed by atoms with van der Waals surface area (Å²) in [7, 11) is 0. The van der Waals surface area contributed by atoms with Crippen LogP contribution >= 0.6 is 0 Å². The molecule has 2 heteroatoms. The molecule has 0 radical (unpaired) electrons. The molecule has 3 aliphatic rings. The van der Waals surface area contributed by atoms with E-state index in [-0.39, 0.29) is 0 Å². The largest absolute Gasteiger partial charge is 0.310 e. The molecule has 0 saturated carbocycles. The van der Waals surface area contributed by atoms with Gasteiger partial charge in [-0.2, -0.15) is 0 Å². The molecular weight excluding hydrogens is 1040 g/mol. The van der Waals surface area contributed by atoms with Gasteiger partial charge in [0.2, 0.25) is 0 Å². The Balaban J connectivity index is 0.806. The van der Waals surface area contributed by atoms with E-state index in [0.717, 1.165) is 41.2 Å². The van der Waals surface area contributed by atoms with Crippen LogP contribution in [0.15, 0.2) is 333 Å². The van der Waals surface area contributed by atoms with E-state index in [0.29, 0.717) is 0 Å². The maximum Gasteiger partial charge on any atom is 0.0714 e. The zero-order chi connectivity index (χ0) is 56.8. The molecule has 86 heavy (non-hydrogen) atoms. The fraction of sp³-hybridized carbons (Fsp3) is 0.0476. The lowest BCUT2D eigenvalue weighted by Crippen LogP contribution is -2.29. The normalized spacial score (nSPS) is 15.3. The molecule has 404 valence electrons. The second-order valence-corrected chi connectivity index (χ2v) is 23.3. The van der Waals surface area contributed by atoms with Crippen LogP contribution in [0.2, 0.25) is 0 Å². The minimum Gasteiger partial charge on any atom is -0.310 e. The fourth-order valence-corrected chi connectivity index (χ4v) is 15.4. The van der Waals surface area contributed by atoms with Gasteiger partial charge < -0.3 is 9.47 Å². The molecule has 14 aromatic rings. The van der Waals surface area contributed by atoms with Crippen LogP contribution in [0.25, 0.3) is 82.8 Å². The minimum atomic E-state index is -0.513. The predicted molar refractivity (Wildman–Crippen MR) is 359 cm³/mol. The van der Waals surface area contributed by atoms with E-state index in [1.54, 1.807) is 0 Å². The lowest BCUT2D eigenvalue weighted by molar-refractivity contribution is 0.751. The number of anilines is 3. The summed E-state index contributed by atoms with van der Waals surface area (Å²) in [5, 5.41) is 4.86. The van der Waals surface area contributed by atoms with Gasteiger partial charge >= 0.3 is 0 Å². The Hall–Kier alpha value is -10.8. The number of rotatable bonds is 10. The van der Waals surface area contributed by atoms with E-state index in [1.165, 1.54) is 116 Å². The SMILES string of the molecule is C1=CC(C2(c3ccccc3)c3ccccc3-c3ccc(N(c4ccc(-c5ccccc5-c5ccc6c7ccccc7n(-c7ccc8c(c7)C(c7ccccc7)(c7ccccc7)c7ccccc7-8)c6c5)cc4)c4cccc5ccccc45)cc32)=CCC1. The first-order valence-corrected chi connectivity index (χ1v) is 30.2. The van der Waals surface area contributed by atoms with Crippen LogP contribution < -0.4 is 4.90 Å². The molecular formula is C84H58N2. The summed E-state index contributed by atoms with van der Waals surface area (Å²) < 4.78 is 2.50. The molecule has 1 aromatic heterocycles. The van der Waals surface area contributed by atoms with E-state index < -0.39 is 10.8 Å². The van der Waals surface area contributed by atoms with Crippen molar-refractivity contribution in [2.75, 3.05) is 4.90 Å². The number of nitrogens with zero attached hydrogens (tertiary/aromatic N) is 2. The van der Waals surface area contributed by atoms with E-state index in [1.807, 2.05) is 0 Å². The minimum absolute atomic E-state index is 0.486. The van der Waals surface area contributed by atoms with Gasteiger partial charge in [0.1, 0.15) is 0 Å². The molecule has 0 amide bonds. The molecule has 1 atom stereocenters. The van der Waals surface area contributed by atoms with Gasteiger partial charge in [0, 0.05) is 33.2 Å². The predicted octanol–water partition coefficient (Wildman–Crippen LogP) is 21.7. The number of aromatic nitrogens is 1. The lowest BCUT2D eigenvalue weighted by atomic mass is 9.66. The first-order chi connectivity index (χ1) is 42.7. The van der Waals surface area contributed by atoms with Crippen molar-refractivity contribution >= 4 is 49.6 Å². The summed E-state index contributed by atoms with van der Waals surface area (Å²) in [6.07, 6.45) is 9.31. The number of benzene rings is 13. The van der Waals surface area contributed by atoms with E-state index in [4.69, 9.17) is 0 Å². The molecule has 0 N–H and O–H groups in total. The number of hydrogen-bond donors (Lipinski definition) is 0. The van der Waals surface area contributed by atoms with E-state index in [9.17, 15) is 0 Å². The van der Waals surface area contributed by atoms with E-state index >= 15 is 0 Å². The van der Waals surface area contributed by atoms with Crippen LogP contribution in [-0.4, -0.2) is 4.57 Å². The zero-order valence-electron chi connectivity index (χ0n) is 47.5. The monoisotopic (exact) mass is 1090 g/mol. The molecule has 0 fully saturated rings. The van der Waals surface area contributed by atoms with Crippen LogP contribution in [-0.2, 0) is 10.8 Å². The summed E-state index contributed by atoms with van der Waals surface area (Å²) in [5.41, 5.74) is 26.0. The average molecular weight is 1100 g/mol. The topological polar surface area (TPSA) is 8.17 Å². The first-order valence-electron chi connectivity index (χ1n) is 30.2. The summed E-state index contributed by atoms with van der Waals surface area (Å²) in [4.78, 5) is 2.48. The van der Waals surface area contributed by atoms with Crippen molar-refractivity contribution in [1.82, 2.24) is 4.57 Å². The fourth-order valence-electron chi connectivity index (χ4n) is 15.4. The summed E-state index contributed by atoms with van der Waals surface area (Å²) in [6, 6.07) is 116. The quantitative estimate of drug-likeness (QED) is 0.132. The Morgan fingerprint density at radius 3 is 1.51 bits per heavy atom. The Bertz CT molecular complexity index is 5000. The maximum absolute atomic E-state index is 2.50. The van der Waals surface area contributed by atoms with Gasteiger partial charge in [-0.1, -0.05) is 273 Å². The smallest absolute Gasteiger partial charge is 0.0714 e. The van der Waals surface area contributed by atoms with Crippen molar-refractivity contribution in [3.8, 4) is 50.2 Å². The molecule has 3 aliphatic carbocycles. The molecule has 2 nitrogen and oxygen atoms in total. The third-order valence-corrected chi connectivity index (χ3v) is 19.0. The maximum atomic E-state index is 2.50. The van der Waals surface area contributed by atoms with Crippen molar-refractivity contribution in [2.24, 2.45) is 0 Å². The van der Waals surface area contributed by atoms with Crippen molar-refractivity contribution in [3.05, 3.63) is 372 Å². The third kappa shape index (κ3) is 7.39. The van der Waals surface area contributed by atoms with Gasteiger partial charge in [-0.15, -0.1) is 0 Å². The summed E-state index contributed by atoms with van der Waals surface area (Å²) >= 11 is 0. The van der Waals surface area contributed by atoms with E-state index in [2.05, 4.69) is 337 Å². The molecule has 0 aliphatic heterocycles. The molecule has 0 spiro atoms. The highest BCUT2D eigenvalue weighted by Gasteiger charge is 2.48.